The Kier molecular flexibility index (Phi) is 5.00. The number of nitrogens with two attached hydrogens (primary N) is 2. The summed E-state index contributed by atoms with van der Waals surface area (Å²) in [7, 11) is 0. The Bertz CT molecular complexity index is 1060. The molecule has 5 rings (SSSR count). The molecule has 2 fully saturated rings. The lowest BCUT2D eigenvalue weighted by molar-refractivity contribution is 0.324. The largest absolute Gasteiger partial charge is 0.382 e. The van der Waals surface area contributed by atoms with E-state index in [0.29, 0.717) is 30.1 Å². The zero-order valence-corrected chi connectivity index (χ0v) is 17.0. The van der Waals surface area contributed by atoms with Crippen LogP contribution in [-0.2, 0) is 13.1 Å². The van der Waals surface area contributed by atoms with Crippen molar-refractivity contribution in [2.24, 2.45) is 5.73 Å². The Morgan fingerprint density at radius 1 is 1.03 bits per heavy atom. The second-order valence-electron chi connectivity index (χ2n) is 8.31. The van der Waals surface area contributed by atoms with Gasteiger partial charge in [0.2, 0.25) is 0 Å². The summed E-state index contributed by atoms with van der Waals surface area (Å²) in [6.45, 7) is 4.75. The zero-order chi connectivity index (χ0) is 20.7. The minimum Gasteiger partial charge on any atom is -0.382 e. The maximum Gasteiger partial charge on any atom is 0.165 e. The molecule has 2 aliphatic rings. The Labute approximate surface area is 174 Å². The average molecular weight is 411 g/mol. The van der Waals surface area contributed by atoms with Crippen LogP contribution in [0.15, 0.2) is 24.8 Å². The van der Waals surface area contributed by atoms with Crippen molar-refractivity contribution in [3.8, 4) is 0 Å². The van der Waals surface area contributed by atoms with E-state index in [1.807, 2.05) is 10.6 Å². The molecule has 158 valence electrons. The molecule has 0 saturated carbocycles. The summed E-state index contributed by atoms with van der Waals surface area (Å²) in [6, 6.07) is 3.63. The second-order valence-corrected chi connectivity index (χ2v) is 8.31. The van der Waals surface area contributed by atoms with E-state index in [1.54, 1.807) is 12.4 Å². The van der Waals surface area contributed by atoms with Crippen LogP contribution in [-0.4, -0.2) is 56.6 Å². The van der Waals surface area contributed by atoms with E-state index < -0.39 is 0 Å². The van der Waals surface area contributed by atoms with E-state index in [1.165, 1.54) is 19.2 Å². The number of nitrogens with zero attached hydrogens (tertiary/aromatic N) is 6. The van der Waals surface area contributed by atoms with Crippen molar-refractivity contribution >= 4 is 22.7 Å². The van der Waals surface area contributed by atoms with Gasteiger partial charge in [-0.1, -0.05) is 0 Å². The number of benzene rings is 1. The molecule has 1 atom stereocenters. The maximum absolute atomic E-state index is 15.1. The fourth-order valence-corrected chi connectivity index (χ4v) is 4.65. The molecule has 2 aromatic heterocycles. The third-order valence-corrected chi connectivity index (χ3v) is 6.25. The number of aromatic nitrogens is 4. The number of halogens is 1. The predicted molar refractivity (Wildman–Crippen MR) is 115 cm³/mol. The van der Waals surface area contributed by atoms with Crippen LogP contribution < -0.4 is 16.4 Å². The average Bonchev–Trinajstić information content (AvgIpc) is 3.47. The second kappa shape index (κ2) is 7.81. The lowest BCUT2D eigenvalue weighted by Crippen LogP contribution is -2.28. The molecule has 0 bridgehead atoms. The van der Waals surface area contributed by atoms with E-state index in [4.69, 9.17) is 11.5 Å². The molecule has 0 amide bonds. The van der Waals surface area contributed by atoms with Crippen molar-refractivity contribution in [3.05, 3.63) is 41.7 Å². The summed E-state index contributed by atoms with van der Waals surface area (Å²) in [4.78, 5) is 17.4. The SMILES string of the molecule is Nc1ncnc2c1ncn2Cc1c(N2CCC(N)C2)ccc(F)c1CN1CCCC1. The normalized spacial score (nSPS) is 19.9. The van der Waals surface area contributed by atoms with Crippen LogP contribution in [0.2, 0.25) is 0 Å². The van der Waals surface area contributed by atoms with Gasteiger partial charge in [0.1, 0.15) is 17.7 Å². The van der Waals surface area contributed by atoms with Gasteiger partial charge in [0, 0.05) is 42.5 Å². The number of likely N-dealkylation sites (tertiary alicyclic amines) is 1. The molecule has 8 nitrogen and oxygen atoms in total. The highest BCUT2D eigenvalue weighted by Gasteiger charge is 2.26. The smallest absolute Gasteiger partial charge is 0.165 e. The van der Waals surface area contributed by atoms with Gasteiger partial charge >= 0.3 is 0 Å². The minimum atomic E-state index is -0.164. The number of hydrogen-bond donors (Lipinski definition) is 2. The first-order chi connectivity index (χ1) is 14.6. The Hall–Kier alpha value is -2.78. The van der Waals surface area contributed by atoms with Gasteiger partial charge in [-0.05, 0) is 44.5 Å². The molecule has 9 heteroatoms. The van der Waals surface area contributed by atoms with Crippen molar-refractivity contribution < 1.29 is 4.39 Å². The zero-order valence-electron chi connectivity index (χ0n) is 17.0. The number of fused-ring (bicyclic) bond motifs is 1. The summed E-state index contributed by atoms with van der Waals surface area (Å²) in [5, 5.41) is 0. The summed E-state index contributed by atoms with van der Waals surface area (Å²) in [6.07, 6.45) is 6.42. The van der Waals surface area contributed by atoms with Crippen LogP contribution in [0.1, 0.15) is 30.4 Å². The molecule has 3 aromatic rings. The van der Waals surface area contributed by atoms with Crippen molar-refractivity contribution in [2.75, 3.05) is 36.8 Å². The fraction of sp³-hybridized carbons (Fsp3) is 0.476. The van der Waals surface area contributed by atoms with Crippen molar-refractivity contribution in [2.45, 2.75) is 38.4 Å². The van der Waals surface area contributed by atoms with Gasteiger partial charge in [0.15, 0.2) is 11.5 Å². The van der Waals surface area contributed by atoms with Gasteiger partial charge in [-0.3, -0.25) is 4.90 Å². The lowest BCUT2D eigenvalue weighted by Gasteiger charge is -2.26. The molecule has 2 aliphatic heterocycles. The first-order valence-corrected chi connectivity index (χ1v) is 10.5. The molecule has 0 spiro atoms. The number of imidazole rings is 1. The van der Waals surface area contributed by atoms with Crippen molar-refractivity contribution in [1.82, 2.24) is 24.4 Å². The Balaban J connectivity index is 1.59. The fourth-order valence-electron chi connectivity index (χ4n) is 4.65. The summed E-state index contributed by atoms with van der Waals surface area (Å²) in [5.74, 6) is 0.184. The van der Waals surface area contributed by atoms with Gasteiger partial charge in [-0.2, -0.15) is 0 Å². The van der Waals surface area contributed by atoms with Gasteiger partial charge in [-0.25, -0.2) is 19.3 Å². The van der Waals surface area contributed by atoms with Crippen LogP contribution in [0.25, 0.3) is 11.2 Å². The molecular formula is C21H27FN8. The van der Waals surface area contributed by atoms with Gasteiger partial charge in [-0.15, -0.1) is 0 Å². The molecule has 0 radical (unpaired) electrons. The van der Waals surface area contributed by atoms with E-state index in [9.17, 15) is 0 Å². The number of rotatable bonds is 5. The molecule has 4 N–H and O–H groups in total. The molecule has 1 aromatic carbocycles. The minimum absolute atomic E-state index is 0.145. The predicted octanol–water partition coefficient (Wildman–Crippen LogP) is 1.73. The van der Waals surface area contributed by atoms with Gasteiger partial charge < -0.3 is 20.9 Å². The number of anilines is 2. The standard InChI is InChI=1S/C21H27FN8/c22-17-3-4-18(29-8-5-14(23)9-29)16(15(17)10-28-6-1-2-7-28)11-30-13-27-19-20(24)25-12-26-21(19)30/h3-4,12-14H,1-2,5-11,23H2,(H2,24,25,26). The highest BCUT2D eigenvalue weighted by atomic mass is 19.1. The van der Waals surface area contributed by atoms with Crippen LogP contribution in [0, 0.1) is 5.82 Å². The van der Waals surface area contributed by atoms with E-state index in [-0.39, 0.29) is 11.9 Å². The lowest BCUT2D eigenvalue weighted by atomic mass is 10.0. The third-order valence-electron chi connectivity index (χ3n) is 6.25. The maximum atomic E-state index is 15.1. The quantitative estimate of drug-likeness (QED) is 0.660. The van der Waals surface area contributed by atoms with Gasteiger partial charge in [0.25, 0.3) is 0 Å². The van der Waals surface area contributed by atoms with Crippen LogP contribution in [0.3, 0.4) is 0 Å². The molecule has 2 saturated heterocycles. The number of nitrogen functional groups attached to an aromatic ring is 1. The Morgan fingerprint density at radius 2 is 1.87 bits per heavy atom. The van der Waals surface area contributed by atoms with E-state index in [0.717, 1.165) is 49.4 Å². The number of hydrogen-bond acceptors (Lipinski definition) is 7. The van der Waals surface area contributed by atoms with Crippen LogP contribution in [0.4, 0.5) is 15.9 Å². The highest BCUT2D eigenvalue weighted by Crippen LogP contribution is 2.32. The van der Waals surface area contributed by atoms with Gasteiger partial charge in [0.05, 0.1) is 12.9 Å². The monoisotopic (exact) mass is 410 g/mol. The molecule has 4 heterocycles. The van der Waals surface area contributed by atoms with Crippen molar-refractivity contribution in [1.29, 1.82) is 0 Å². The summed E-state index contributed by atoms with van der Waals surface area (Å²) < 4.78 is 17.0. The molecular weight excluding hydrogens is 383 g/mol. The van der Waals surface area contributed by atoms with E-state index in [2.05, 4.69) is 24.8 Å². The first kappa shape index (κ1) is 19.2. The Morgan fingerprint density at radius 3 is 2.63 bits per heavy atom. The topological polar surface area (TPSA) is 102 Å². The van der Waals surface area contributed by atoms with Crippen molar-refractivity contribution in [3.63, 3.8) is 0 Å². The summed E-state index contributed by atoms with van der Waals surface area (Å²) >= 11 is 0. The highest BCUT2D eigenvalue weighted by molar-refractivity contribution is 5.81. The van der Waals surface area contributed by atoms with E-state index >= 15 is 4.39 Å². The third kappa shape index (κ3) is 3.48. The van der Waals surface area contributed by atoms with Crippen LogP contribution >= 0.6 is 0 Å². The molecule has 0 aliphatic carbocycles. The van der Waals surface area contributed by atoms with Crippen LogP contribution in [0.5, 0.6) is 0 Å². The molecule has 1 unspecified atom stereocenters. The molecule has 30 heavy (non-hydrogen) atoms. The summed E-state index contributed by atoms with van der Waals surface area (Å²) in [5.41, 5.74) is 16.1. The first-order valence-electron chi connectivity index (χ1n) is 10.5.